The van der Waals surface area contributed by atoms with E-state index in [1.165, 1.54) is 0 Å². The van der Waals surface area contributed by atoms with E-state index in [4.69, 9.17) is 5.73 Å². The molecule has 0 rings (SSSR count). The van der Waals surface area contributed by atoms with E-state index in [1.807, 2.05) is 0 Å². The smallest absolute Gasteiger partial charge is 0.309 e. The molecule has 5 heteroatoms. The lowest BCUT2D eigenvalue weighted by atomic mass is 9.74. The Balaban J connectivity index is 0. The average Bonchev–Trinajstić information content (AvgIpc) is 2.28. The summed E-state index contributed by atoms with van der Waals surface area (Å²) in [5, 5.41) is 12.7. The van der Waals surface area contributed by atoms with Gasteiger partial charge in [-0.25, -0.2) is 0 Å². The zero-order valence-corrected chi connectivity index (χ0v) is 15.1. The maximum Gasteiger partial charge on any atom is 0.309 e. The highest BCUT2D eigenvalue weighted by molar-refractivity contribution is 7.79. The van der Waals surface area contributed by atoms with E-state index in [0.29, 0.717) is 13.0 Å². The van der Waals surface area contributed by atoms with Gasteiger partial charge in [0.2, 0.25) is 0 Å². The van der Waals surface area contributed by atoms with Gasteiger partial charge in [-0.15, -0.1) is 0 Å². The molecule has 0 aromatic carbocycles. The highest BCUT2D eigenvalue weighted by Gasteiger charge is 2.35. The minimum atomic E-state index is -0.739. The fourth-order valence-electron chi connectivity index (χ4n) is 2.26. The molecule has 0 radical (unpaired) electrons. The monoisotopic (exact) mass is 306 g/mol. The first kappa shape index (κ1) is 22.0. The van der Waals surface area contributed by atoms with Crippen LogP contribution in [0, 0.1) is 10.8 Å². The largest absolute Gasteiger partial charge is 0.481 e. The molecule has 0 heterocycles. The summed E-state index contributed by atoms with van der Waals surface area (Å²) in [5.74, 6) is -0.739. The second-order valence-corrected chi connectivity index (χ2v) is 7.31. The number of hydrogen-bond acceptors (Lipinski definition) is 4. The normalized spacial score (nSPS) is 12.7. The lowest BCUT2D eigenvalue weighted by Crippen LogP contribution is -2.46. The van der Waals surface area contributed by atoms with Crippen molar-refractivity contribution in [3.05, 3.63) is 0 Å². The predicted octanol–water partition coefficient (Wildman–Crippen LogP) is 2.78. The summed E-state index contributed by atoms with van der Waals surface area (Å²) >= 11 is 3.53. The number of hydrogen-bond donors (Lipinski definition) is 4. The first-order chi connectivity index (χ1) is 8.92. The fraction of sp³-hybridized carbons (Fsp3) is 0.933. The van der Waals surface area contributed by atoms with Gasteiger partial charge in [-0.05, 0) is 58.8 Å². The Kier molecular flexibility index (Phi) is 9.80. The van der Waals surface area contributed by atoms with Crippen molar-refractivity contribution in [3.8, 4) is 0 Å². The predicted molar refractivity (Wildman–Crippen MR) is 90.5 cm³/mol. The van der Waals surface area contributed by atoms with Crippen LogP contribution in [0.15, 0.2) is 0 Å². The van der Waals surface area contributed by atoms with E-state index < -0.39 is 11.4 Å². The molecule has 0 spiro atoms. The first-order valence-corrected chi connectivity index (χ1v) is 7.95. The Labute approximate surface area is 130 Å². The maximum atomic E-state index is 11.2. The van der Waals surface area contributed by atoms with Crippen LogP contribution in [0.4, 0.5) is 0 Å². The SMILES string of the molecule is CC(C)(CNC(C)(C)CCN)CC(C)(C)C(=O)O.CS. The highest BCUT2D eigenvalue weighted by Crippen LogP contribution is 2.33. The first-order valence-electron chi connectivity index (χ1n) is 7.05. The minimum absolute atomic E-state index is 0.000609. The van der Waals surface area contributed by atoms with Crippen molar-refractivity contribution in [3.63, 3.8) is 0 Å². The molecule has 0 amide bonds. The van der Waals surface area contributed by atoms with Crippen LogP contribution in [0.2, 0.25) is 0 Å². The molecule has 0 saturated carbocycles. The highest BCUT2D eigenvalue weighted by atomic mass is 32.1. The minimum Gasteiger partial charge on any atom is -0.481 e. The van der Waals surface area contributed by atoms with Gasteiger partial charge in [0.05, 0.1) is 5.41 Å². The number of thiol groups is 1. The van der Waals surface area contributed by atoms with Crippen molar-refractivity contribution in [2.75, 3.05) is 19.3 Å². The second-order valence-electron chi connectivity index (χ2n) is 7.31. The third-order valence-corrected chi connectivity index (χ3v) is 3.31. The molecule has 122 valence electrons. The van der Waals surface area contributed by atoms with Gasteiger partial charge in [-0.1, -0.05) is 13.8 Å². The average molecular weight is 307 g/mol. The molecule has 0 atom stereocenters. The van der Waals surface area contributed by atoms with Crippen LogP contribution in [-0.2, 0) is 4.79 Å². The second kappa shape index (κ2) is 8.90. The number of aliphatic carboxylic acids is 1. The molecule has 4 N–H and O–H groups in total. The molecule has 0 saturated heterocycles. The molecule has 0 unspecified atom stereocenters. The third-order valence-electron chi connectivity index (χ3n) is 3.31. The van der Waals surface area contributed by atoms with Crippen LogP contribution in [0.1, 0.15) is 54.4 Å². The van der Waals surface area contributed by atoms with Crippen molar-refractivity contribution >= 4 is 18.6 Å². The quantitative estimate of drug-likeness (QED) is 0.520. The summed E-state index contributed by atoms with van der Waals surface area (Å²) in [6.07, 6.45) is 3.24. The number of carboxylic acids is 1. The molecular formula is C15H34N2O2S. The molecule has 4 nitrogen and oxygen atoms in total. The van der Waals surface area contributed by atoms with Gasteiger partial charge >= 0.3 is 5.97 Å². The van der Waals surface area contributed by atoms with Gasteiger partial charge in [0.1, 0.15) is 0 Å². The summed E-state index contributed by atoms with van der Waals surface area (Å²) in [6, 6.07) is 0. The van der Waals surface area contributed by atoms with Crippen molar-refractivity contribution < 1.29 is 9.90 Å². The van der Waals surface area contributed by atoms with Gasteiger partial charge < -0.3 is 16.2 Å². The Hall–Kier alpha value is -0.260. The van der Waals surface area contributed by atoms with Gasteiger partial charge in [-0.2, -0.15) is 12.6 Å². The number of carbonyl (C=O) groups is 1. The molecule has 0 bridgehead atoms. The van der Waals surface area contributed by atoms with E-state index in [-0.39, 0.29) is 11.0 Å². The van der Waals surface area contributed by atoms with E-state index >= 15 is 0 Å². The van der Waals surface area contributed by atoms with E-state index in [1.54, 1.807) is 20.1 Å². The van der Waals surface area contributed by atoms with Gasteiger partial charge in [-0.3, -0.25) is 4.79 Å². The summed E-state index contributed by atoms with van der Waals surface area (Å²) in [4.78, 5) is 11.2. The van der Waals surface area contributed by atoms with Gasteiger partial charge in [0.25, 0.3) is 0 Å². The third kappa shape index (κ3) is 9.61. The van der Waals surface area contributed by atoms with Crippen LogP contribution in [0.5, 0.6) is 0 Å². The standard InChI is InChI=1S/C14H30N2O2.CH4S/c1-12(2,9-13(3,4)11(17)18)10-16-14(5,6)7-8-15;1-2/h16H,7-10,15H2,1-6H3,(H,17,18);2H,1H3. The van der Waals surface area contributed by atoms with Crippen LogP contribution < -0.4 is 11.1 Å². The Morgan fingerprint density at radius 1 is 1.15 bits per heavy atom. The molecule has 0 aromatic rings. The Bertz CT molecular complexity index is 290. The zero-order valence-electron chi connectivity index (χ0n) is 14.2. The topological polar surface area (TPSA) is 75.3 Å². The summed E-state index contributed by atoms with van der Waals surface area (Å²) < 4.78 is 0. The van der Waals surface area contributed by atoms with E-state index in [2.05, 4.69) is 45.6 Å². The van der Waals surface area contributed by atoms with E-state index in [9.17, 15) is 9.90 Å². The lowest BCUT2D eigenvalue weighted by Gasteiger charge is -2.36. The maximum absolute atomic E-state index is 11.2. The summed E-state index contributed by atoms with van der Waals surface area (Å²) in [6.45, 7) is 13.4. The van der Waals surface area contributed by atoms with Crippen LogP contribution >= 0.6 is 12.6 Å². The Morgan fingerprint density at radius 2 is 1.60 bits per heavy atom. The molecule has 0 aliphatic carbocycles. The molecule has 0 fully saturated rings. The zero-order chi connectivity index (χ0) is 16.6. The van der Waals surface area contributed by atoms with Crippen molar-refractivity contribution in [2.45, 2.75) is 59.9 Å². The van der Waals surface area contributed by atoms with Crippen LogP contribution in [0.3, 0.4) is 0 Å². The number of nitrogens with two attached hydrogens (primary N) is 1. The van der Waals surface area contributed by atoms with Gasteiger partial charge in [0, 0.05) is 12.1 Å². The van der Waals surface area contributed by atoms with Crippen molar-refractivity contribution in [1.82, 2.24) is 5.32 Å². The number of rotatable bonds is 8. The van der Waals surface area contributed by atoms with E-state index in [0.717, 1.165) is 13.0 Å². The Morgan fingerprint density at radius 3 is 1.95 bits per heavy atom. The molecule has 0 aliphatic heterocycles. The molecule has 20 heavy (non-hydrogen) atoms. The van der Waals surface area contributed by atoms with Gasteiger partial charge in [0.15, 0.2) is 0 Å². The summed E-state index contributed by atoms with van der Waals surface area (Å²) in [5.41, 5.74) is 4.82. The van der Waals surface area contributed by atoms with Crippen molar-refractivity contribution in [2.24, 2.45) is 16.6 Å². The fourth-order valence-corrected chi connectivity index (χ4v) is 2.26. The lowest BCUT2D eigenvalue weighted by molar-refractivity contribution is -0.148. The molecular weight excluding hydrogens is 272 g/mol. The molecule has 0 aliphatic rings. The molecule has 0 aromatic heterocycles. The number of nitrogens with one attached hydrogen (secondary N) is 1. The summed E-state index contributed by atoms with van der Waals surface area (Å²) in [7, 11) is 0. The number of carboxylic acid groups (broad SMARTS) is 1. The van der Waals surface area contributed by atoms with Crippen molar-refractivity contribution in [1.29, 1.82) is 0 Å². The van der Waals surface area contributed by atoms with Crippen LogP contribution in [-0.4, -0.2) is 36.0 Å². The van der Waals surface area contributed by atoms with Crippen LogP contribution in [0.25, 0.3) is 0 Å².